The number of aromatic nitrogens is 2. The van der Waals surface area contributed by atoms with Crippen LogP contribution in [0.4, 0.5) is 0 Å². The topological polar surface area (TPSA) is 56.3 Å². The summed E-state index contributed by atoms with van der Waals surface area (Å²) in [6.45, 7) is 27.7. The van der Waals surface area contributed by atoms with Crippen LogP contribution in [0.15, 0.2) is 68.7 Å². The summed E-state index contributed by atoms with van der Waals surface area (Å²) in [5, 5.41) is 2.55. The number of rotatable bonds is 0. The van der Waals surface area contributed by atoms with Crippen molar-refractivity contribution >= 4 is 45.4 Å². The third kappa shape index (κ3) is 4.24. The van der Waals surface area contributed by atoms with Crippen LogP contribution in [0.1, 0.15) is 106 Å². The highest BCUT2D eigenvalue weighted by molar-refractivity contribution is 6.17. The molecule has 0 saturated carbocycles. The second-order valence-corrected chi connectivity index (χ2v) is 17.3. The predicted octanol–water partition coefficient (Wildman–Crippen LogP) is 10.2. The van der Waals surface area contributed by atoms with E-state index in [1.165, 1.54) is 55.2 Å². The molecule has 4 nitrogen and oxygen atoms in total. The van der Waals surface area contributed by atoms with Gasteiger partial charge in [-0.1, -0.05) is 107 Å². The molecule has 0 saturated heterocycles. The van der Waals surface area contributed by atoms with Crippen LogP contribution in [-0.4, -0.2) is 33.5 Å². The molecule has 228 valence electrons. The van der Waals surface area contributed by atoms with Crippen molar-refractivity contribution in [2.75, 3.05) is 0 Å². The summed E-state index contributed by atoms with van der Waals surface area (Å²) < 4.78 is 0. The lowest BCUT2D eigenvalue weighted by Gasteiger charge is -2.28. The van der Waals surface area contributed by atoms with Crippen LogP contribution >= 0.6 is 0 Å². The van der Waals surface area contributed by atoms with Crippen molar-refractivity contribution in [1.82, 2.24) is 9.97 Å². The number of nitrogens with one attached hydrogen (secondary N) is 2. The average Bonchev–Trinajstić information content (AvgIpc) is 3.61. The normalized spacial score (nSPS) is 21.9. The first-order chi connectivity index (χ1) is 20.4. The maximum Gasteiger partial charge on any atom is 0.102 e. The molecule has 0 fully saturated rings. The quantitative estimate of drug-likeness (QED) is 0.264. The third-order valence-electron chi connectivity index (χ3n) is 9.64. The Hall–Kier alpha value is -3.66. The van der Waals surface area contributed by atoms with Gasteiger partial charge in [0.15, 0.2) is 0 Å². The number of H-pyrrole nitrogens is 2. The lowest BCUT2D eigenvalue weighted by atomic mass is 9.75. The number of aromatic amines is 2. The first-order valence-corrected chi connectivity index (χ1v) is 16.3. The van der Waals surface area contributed by atoms with Crippen molar-refractivity contribution in [3.8, 4) is 0 Å². The number of aliphatic imine (C=N–C) groups is 2. The van der Waals surface area contributed by atoms with Crippen LogP contribution in [0.5, 0.6) is 0 Å². The van der Waals surface area contributed by atoms with Crippen molar-refractivity contribution in [1.29, 1.82) is 0 Å². The average molecular weight is 585 g/mol. The summed E-state index contributed by atoms with van der Waals surface area (Å²) in [5.74, 6) is 0. The van der Waals surface area contributed by atoms with Crippen LogP contribution in [0, 0.1) is 10.8 Å². The molecule has 0 radical (unpaired) electrons. The SMILES string of the molecule is CC(C)(C)C1=C2C=CC3=C(C(C)(C)C)C4=NC3C2N=C1C=Cc1[nH]c2c(ccc3c(C(C)(C)C)c([nH]c32)C=C4)c1C(C)(C)C. The fraction of sp³-hybridized carbons (Fsp3) is 0.450. The highest BCUT2D eigenvalue weighted by atomic mass is 15.0. The highest BCUT2D eigenvalue weighted by Gasteiger charge is 2.44. The van der Waals surface area contributed by atoms with Gasteiger partial charge in [0.2, 0.25) is 0 Å². The van der Waals surface area contributed by atoms with E-state index in [9.17, 15) is 0 Å². The Morgan fingerprint density at radius 3 is 1.16 bits per heavy atom. The zero-order valence-corrected chi connectivity index (χ0v) is 28.7. The molecule has 1 aliphatic carbocycles. The lowest BCUT2D eigenvalue weighted by molar-refractivity contribution is 0.514. The summed E-state index contributed by atoms with van der Waals surface area (Å²) in [6.07, 6.45) is 13.8. The van der Waals surface area contributed by atoms with Crippen molar-refractivity contribution in [3.05, 3.63) is 81.2 Å². The molecule has 3 aromatic rings. The van der Waals surface area contributed by atoms with E-state index in [0.29, 0.717) is 0 Å². The van der Waals surface area contributed by atoms with Gasteiger partial charge in [-0.05, 0) is 79.4 Å². The number of hydrogen-bond acceptors (Lipinski definition) is 2. The van der Waals surface area contributed by atoms with E-state index < -0.39 is 0 Å². The summed E-state index contributed by atoms with van der Waals surface area (Å²) in [5.41, 5.74) is 14.6. The minimum Gasteiger partial charge on any atom is -0.353 e. The Morgan fingerprint density at radius 1 is 0.477 bits per heavy atom. The Balaban J connectivity index is 1.60. The molecule has 2 unspecified atom stereocenters. The smallest absolute Gasteiger partial charge is 0.102 e. The van der Waals surface area contributed by atoms with Crippen LogP contribution < -0.4 is 0 Å². The first kappa shape index (κ1) is 29.1. The zero-order chi connectivity index (χ0) is 31.7. The van der Waals surface area contributed by atoms with E-state index in [4.69, 9.17) is 9.98 Å². The molecule has 0 amide bonds. The molecule has 2 aromatic heterocycles. The number of nitrogens with zero attached hydrogens (tertiary/aromatic N) is 2. The van der Waals surface area contributed by atoms with Crippen molar-refractivity contribution < 1.29 is 0 Å². The van der Waals surface area contributed by atoms with Gasteiger partial charge >= 0.3 is 0 Å². The largest absolute Gasteiger partial charge is 0.353 e. The highest BCUT2D eigenvalue weighted by Crippen LogP contribution is 2.48. The molecule has 4 aliphatic rings. The van der Waals surface area contributed by atoms with Gasteiger partial charge in [-0.2, -0.15) is 0 Å². The lowest BCUT2D eigenvalue weighted by Crippen LogP contribution is -2.27. The van der Waals surface area contributed by atoms with E-state index >= 15 is 0 Å². The van der Waals surface area contributed by atoms with Gasteiger partial charge < -0.3 is 9.97 Å². The standard InChI is InChI=1S/C40H48N4/c1-37(2,3)29-21-13-14-22-30(38(4,5)6)27-19-20-28-32(40(10,11)12)24-16-15-23-31(39(7,8)9)26(43-35(23)36(24)44-28)18-17-25(29)41-33(21)34(22)42-27/h13-20,33-34,43-44H,1-12H3. The molecular formula is C40H48N4. The number of benzene rings is 1. The van der Waals surface area contributed by atoms with Crippen LogP contribution in [0.3, 0.4) is 0 Å². The number of hydrogen-bond donors (Lipinski definition) is 2. The molecule has 4 heteroatoms. The van der Waals surface area contributed by atoms with Crippen molar-refractivity contribution in [3.63, 3.8) is 0 Å². The summed E-state index contributed by atoms with van der Waals surface area (Å²) in [6, 6.07) is 4.64. The Morgan fingerprint density at radius 2 is 0.841 bits per heavy atom. The van der Waals surface area contributed by atoms with Crippen LogP contribution in [0.25, 0.3) is 34.0 Å². The predicted molar refractivity (Wildman–Crippen MR) is 190 cm³/mol. The van der Waals surface area contributed by atoms with E-state index in [1.54, 1.807) is 0 Å². The minimum absolute atomic E-state index is 0.00692. The molecule has 1 aromatic carbocycles. The van der Waals surface area contributed by atoms with E-state index in [1.807, 2.05) is 0 Å². The molecule has 8 bridgehead atoms. The molecule has 44 heavy (non-hydrogen) atoms. The fourth-order valence-corrected chi connectivity index (χ4v) is 8.23. The monoisotopic (exact) mass is 584 g/mol. The van der Waals surface area contributed by atoms with Gasteiger partial charge in [0.25, 0.3) is 0 Å². The van der Waals surface area contributed by atoms with Gasteiger partial charge in [0.1, 0.15) is 12.1 Å². The Kier molecular flexibility index (Phi) is 5.92. The Bertz CT molecular complexity index is 1830. The number of fused-ring (bicyclic) bond motifs is 2. The molecule has 7 rings (SSSR count). The third-order valence-corrected chi connectivity index (χ3v) is 9.64. The molecule has 5 heterocycles. The second-order valence-electron chi connectivity index (χ2n) is 17.3. The summed E-state index contributed by atoms with van der Waals surface area (Å²) >= 11 is 0. The van der Waals surface area contributed by atoms with Gasteiger partial charge in [0, 0.05) is 22.2 Å². The van der Waals surface area contributed by atoms with Crippen molar-refractivity contribution in [2.45, 2.75) is 106 Å². The van der Waals surface area contributed by atoms with Gasteiger partial charge in [0.05, 0.1) is 22.5 Å². The van der Waals surface area contributed by atoms with E-state index in [0.717, 1.165) is 22.8 Å². The van der Waals surface area contributed by atoms with Gasteiger partial charge in [-0.3, -0.25) is 9.98 Å². The first-order valence-electron chi connectivity index (χ1n) is 16.3. The maximum atomic E-state index is 5.48. The number of allylic oxidation sites excluding steroid dienone is 4. The molecule has 0 spiro atoms. The summed E-state index contributed by atoms with van der Waals surface area (Å²) in [4.78, 5) is 18.7. The molecule has 2 atom stereocenters. The molecule has 3 aliphatic heterocycles. The minimum atomic E-state index is -0.0528. The van der Waals surface area contributed by atoms with Gasteiger partial charge in [-0.15, -0.1) is 0 Å². The van der Waals surface area contributed by atoms with E-state index in [2.05, 4.69) is 142 Å². The van der Waals surface area contributed by atoms with E-state index in [-0.39, 0.29) is 33.7 Å². The Labute approximate surface area is 262 Å². The van der Waals surface area contributed by atoms with Crippen LogP contribution in [-0.2, 0) is 10.8 Å². The molecular weight excluding hydrogens is 536 g/mol. The zero-order valence-electron chi connectivity index (χ0n) is 28.7. The second kappa shape index (κ2) is 8.96. The fourth-order valence-electron chi connectivity index (χ4n) is 8.23. The molecule has 2 N–H and O–H groups in total. The maximum absolute atomic E-state index is 5.48. The van der Waals surface area contributed by atoms with Crippen LogP contribution in [0.2, 0.25) is 0 Å². The summed E-state index contributed by atoms with van der Waals surface area (Å²) in [7, 11) is 0. The van der Waals surface area contributed by atoms with Gasteiger partial charge in [-0.25, -0.2) is 0 Å². The van der Waals surface area contributed by atoms with Crippen molar-refractivity contribution in [2.24, 2.45) is 20.8 Å².